The normalized spacial score (nSPS) is 15.5. The quantitative estimate of drug-likeness (QED) is 0.938. The van der Waals surface area contributed by atoms with Crippen molar-refractivity contribution in [2.75, 3.05) is 0 Å². The van der Waals surface area contributed by atoms with Crippen LogP contribution in [0.1, 0.15) is 48.1 Å². The summed E-state index contributed by atoms with van der Waals surface area (Å²) in [5.41, 5.74) is 3.42. The monoisotopic (exact) mass is 284 g/mol. The molecule has 1 aliphatic carbocycles. The maximum atomic E-state index is 11.3. The number of fused-ring (bicyclic) bond motifs is 1. The number of aliphatic carboxylic acids is 1. The first-order valence-corrected chi connectivity index (χ1v) is 7.50. The Morgan fingerprint density at radius 3 is 2.71 bits per heavy atom. The molecule has 4 nitrogen and oxygen atoms in total. The van der Waals surface area contributed by atoms with E-state index < -0.39 is 5.97 Å². The van der Waals surface area contributed by atoms with Crippen molar-refractivity contribution >= 4 is 5.97 Å². The van der Waals surface area contributed by atoms with Crippen LogP contribution in [0.4, 0.5) is 0 Å². The lowest BCUT2D eigenvalue weighted by Gasteiger charge is -2.23. The molecule has 0 aliphatic heterocycles. The number of benzene rings is 1. The van der Waals surface area contributed by atoms with Gasteiger partial charge in [0.2, 0.25) is 0 Å². The van der Waals surface area contributed by atoms with Gasteiger partial charge in [-0.2, -0.15) is 0 Å². The minimum absolute atomic E-state index is 0.0909. The Morgan fingerprint density at radius 2 is 2.00 bits per heavy atom. The van der Waals surface area contributed by atoms with Crippen LogP contribution in [0.15, 0.2) is 30.3 Å². The van der Waals surface area contributed by atoms with Gasteiger partial charge in [-0.3, -0.25) is 4.79 Å². The Kier molecular flexibility index (Phi) is 3.78. The molecule has 0 amide bonds. The number of carboxylic acid groups (broad SMARTS) is 1. The molecule has 1 aromatic carbocycles. The molecule has 3 rings (SSSR count). The van der Waals surface area contributed by atoms with Gasteiger partial charge in [0.05, 0.1) is 18.2 Å². The Morgan fingerprint density at radius 1 is 1.29 bits per heavy atom. The lowest BCUT2D eigenvalue weighted by molar-refractivity contribution is -0.137. The predicted octanol–water partition coefficient (Wildman–Crippen LogP) is 3.13. The average molecular weight is 284 g/mol. The first kappa shape index (κ1) is 13.9. The Hall–Kier alpha value is -2.10. The highest BCUT2D eigenvalue weighted by molar-refractivity contribution is 5.68. The van der Waals surface area contributed by atoms with E-state index in [4.69, 9.17) is 0 Å². The van der Waals surface area contributed by atoms with Gasteiger partial charge in [0.1, 0.15) is 5.82 Å². The maximum absolute atomic E-state index is 11.3. The van der Waals surface area contributed by atoms with Crippen molar-refractivity contribution in [3.63, 3.8) is 0 Å². The summed E-state index contributed by atoms with van der Waals surface area (Å²) in [6.45, 7) is 1.98. The summed E-state index contributed by atoms with van der Waals surface area (Å²) in [6, 6.07) is 9.71. The second-order valence-corrected chi connectivity index (χ2v) is 5.65. The first-order chi connectivity index (χ1) is 10.2. The molecule has 0 fully saturated rings. The van der Waals surface area contributed by atoms with Crippen LogP contribution in [0.25, 0.3) is 0 Å². The van der Waals surface area contributed by atoms with E-state index in [0.29, 0.717) is 0 Å². The average Bonchev–Trinajstić information content (AvgIpc) is 2.81. The zero-order valence-electron chi connectivity index (χ0n) is 12.2. The van der Waals surface area contributed by atoms with Crippen molar-refractivity contribution in [1.82, 2.24) is 9.55 Å². The van der Waals surface area contributed by atoms with Gasteiger partial charge in [0, 0.05) is 5.69 Å². The number of hydrogen-bond acceptors (Lipinski definition) is 2. The SMILES string of the molecule is Cc1nc2c(n1C(CC(=O)O)c1ccccc1)CCCC2. The second kappa shape index (κ2) is 5.72. The van der Waals surface area contributed by atoms with Crippen LogP contribution in [0, 0.1) is 6.92 Å². The van der Waals surface area contributed by atoms with E-state index in [9.17, 15) is 9.90 Å². The van der Waals surface area contributed by atoms with Gasteiger partial charge in [-0.05, 0) is 38.2 Å². The van der Waals surface area contributed by atoms with Gasteiger partial charge in [-0.15, -0.1) is 0 Å². The lowest BCUT2D eigenvalue weighted by atomic mass is 9.98. The van der Waals surface area contributed by atoms with E-state index >= 15 is 0 Å². The molecule has 1 aromatic heterocycles. The zero-order chi connectivity index (χ0) is 14.8. The van der Waals surface area contributed by atoms with Crippen LogP contribution in [-0.4, -0.2) is 20.6 Å². The minimum atomic E-state index is -0.776. The Bertz CT molecular complexity index is 646. The van der Waals surface area contributed by atoms with Gasteiger partial charge in [-0.25, -0.2) is 4.98 Å². The third-order valence-corrected chi connectivity index (χ3v) is 4.21. The van der Waals surface area contributed by atoms with Crippen LogP contribution in [0.5, 0.6) is 0 Å². The number of carbonyl (C=O) groups is 1. The Balaban J connectivity index is 2.08. The molecule has 110 valence electrons. The molecule has 2 aromatic rings. The molecule has 1 heterocycles. The molecule has 0 spiro atoms. The van der Waals surface area contributed by atoms with Crippen LogP contribution < -0.4 is 0 Å². The smallest absolute Gasteiger partial charge is 0.305 e. The van der Waals surface area contributed by atoms with Crippen molar-refractivity contribution in [2.45, 2.75) is 45.1 Å². The molecule has 21 heavy (non-hydrogen) atoms. The summed E-state index contributed by atoms with van der Waals surface area (Å²) in [5.74, 6) is 0.151. The predicted molar refractivity (Wildman–Crippen MR) is 80.4 cm³/mol. The molecule has 0 saturated carbocycles. The molecular formula is C17H20N2O2. The highest BCUT2D eigenvalue weighted by atomic mass is 16.4. The molecule has 1 aliphatic rings. The van der Waals surface area contributed by atoms with Crippen molar-refractivity contribution < 1.29 is 9.90 Å². The van der Waals surface area contributed by atoms with Crippen LogP contribution >= 0.6 is 0 Å². The van der Waals surface area contributed by atoms with Gasteiger partial charge in [-0.1, -0.05) is 30.3 Å². The number of aromatic nitrogens is 2. The fourth-order valence-electron chi connectivity index (χ4n) is 3.31. The lowest BCUT2D eigenvalue weighted by Crippen LogP contribution is -2.19. The molecule has 1 N–H and O–H groups in total. The van der Waals surface area contributed by atoms with E-state index in [1.807, 2.05) is 37.3 Å². The molecular weight excluding hydrogens is 264 g/mol. The van der Waals surface area contributed by atoms with Crippen molar-refractivity contribution in [3.8, 4) is 0 Å². The van der Waals surface area contributed by atoms with Crippen LogP contribution in [0.2, 0.25) is 0 Å². The molecule has 0 radical (unpaired) electrons. The van der Waals surface area contributed by atoms with E-state index in [-0.39, 0.29) is 12.5 Å². The highest BCUT2D eigenvalue weighted by Gasteiger charge is 2.25. The molecule has 1 atom stereocenters. The summed E-state index contributed by atoms with van der Waals surface area (Å²) in [7, 11) is 0. The number of carboxylic acids is 1. The Labute approximate surface area is 124 Å². The van der Waals surface area contributed by atoms with Crippen LogP contribution in [0.3, 0.4) is 0 Å². The second-order valence-electron chi connectivity index (χ2n) is 5.65. The number of imidazole rings is 1. The van der Waals surface area contributed by atoms with Gasteiger partial charge < -0.3 is 9.67 Å². The molecule has 4 heteroatoms. The molecule has 0 bridgehead atoms. The fraction of sp³-hybridized carbons (Fsp3) is 0.412. The summed E-state index contributed by atoms with van der Waals surface area (Å²) < 4.78 is 2.15. The number of rotatable bonds is 4. The maximum Gasteiger partial charge on any atom is 0.305 e. The number of nitrogens with zero attached hydrogens (tertiary/aromatic N) is 2. The van der Waals surface area contributed by atoms with E-state index in [1.165, 1.54) is 12.1 Å². The fourth-order valence-corrected chi connectivity index (χ4v) is 3.31. The summed E-state index contributed by atoms with van der Waals surface area (Å²) in [4.78, 5) is 16.0. The van der Waals surface area contributed by atoms with Crippen molar-refractivity contribution in [1.29, 1.82) is 0 Å². The van der Waals surface area contributed by atoms with Crippen molar-refractivity contribution in [3.05, 3.63) is 53.1 Å². The topological polar surface area (TPSA) is 55.1 Å². The largest absolute Gasteiger partial charge is 0.481 e. The van der Waals surface area contributed by atoms with Gasteiger partial charge >= 0.3 is 5.97 Å². The molecule has 1 unspecified atom stereocenters. The third kappa shape index (κ3) is 2.71. The van der Waals surface area contributed by atoms with E-state index in [0.717, 1.165) is 36.3 Å². The zero-order valence-corrected chi connectivity index (χ0v) is 12.2. The van der Waals surface area contributed by atoms with E-state index in [2.05, 4.69) is 9.55 Å². The van der Waals surface area contributed by atoms with Gasteiger partial charge in [0.15, 0.2) is 0 Å². The summed E-state index contributed by atoms with van der Waals surface area (Å²) in [5, 5.41) is 9.31. The molecule has 0 saturated heterocycles. The minimum Gasteiger partial charge on any atom is -0.481 e. The standard InChI is InChI=1S/C17H20N2O2/c1-12-18-14-9-5-6-10-15(14)19(12)16(11-17(20)21)13-7-3-2-4-8-13/h2-4,7-8,16H,5-6,9-11H2,1H3,(H,20,21). The van der Waals surface area contributed by atoms with Crippen LogP contribution in [-0.2, 0) is 17.6 Å². The van der Waals surface area contributed by atoms with E-state index in [1.54, 1.807) is 0 Å². The first-order valence-electron chi connectivity index (χ1n) is 7.50. The number of hydrogen-bond donors (Lipinski definition) is 1. The summed E-state index contributed by atoms with van der Waals surface area (Å²) >= 11 is 0. The van der Waals surface area contributed by atoms with Gasteiger partial charge in [0.25, 0.3) is 0 Å². The van der Waals surface area contributed by atoms with Crippen molar-refractivity contribution in [2.24, 2.45) is 0 Å². The third-order valence-electron chi connectivity index (χ3n) is 4.21. The summed E-state index contributed by atoms with van der Waals surface area (Å²) in [6.07, 6.45) is 4.44. The highest BCUT2D eigenvalue weighted by Crippen LogP contribution is 2.30. The number of aryl methyl sites for hydroxylation is 2.